The van der Waals surface area contributed by atoms with Crippen LogP contribution in [0.25, 0.3) is 4.96 Å². The van der Waals surface area contributed by atoms with Crippen molar-refractivity contribution in [1.82, 2.24) is 19.0 Å². The molecule has 3 aromatic rings. The molecule has 2 N–H and O–H groups in total. The number of sulfonamides is 1. The predicted octanol–water partition coefficient (Wildman–Crippen LogP) is 1.01. The number of amides is 1. The minimum atomic E-state index is -3.65. The highest BCUT2D eigenvalue weighted by Crippen LogP contribution is 2.15. The van der Waals surface area contributed by atoms with Crippen LogP contribution in [0.1, 0.15) is 16.8 Å². The topological polar surface area (TPSA) is 122 Å². The molecule has 0 spiro atoms. The first-order valence-corrected chi connectivity index (χ1v) is 12.5. The molecule has 0 atom stereocenters. The second-order valence-corrected chi connectivity index (χ2v) is 9.86. The zero-order valence-electron chi connectivity index (χ0n) is 17.2. The summed E-state index contributed by atoms with van der Waals surface area (Å²) in [5.41, 5.74) is -0.190. The maximum atomic E-state index is 12.5. The molecule has 0 aliphatic carbocycles. The number of aromatic nitrogens is 2. The molecular formula is C20H23N5O5S2. The number of rotatable bonds is 8. The van der Waals surface area contributed by atoms with Gasteiger partial charge in [0, 0.05) is 43.1 Å². The third kappa shape index (κ3) is 5.22. The third-order valence-corrected chi connectivity index (χ3v) is 7.30. The lowest BCUT2D eigenvalue weighted by atomic mass is 10.2. The summed E-state index contributed by atoms with van der Waals surface area (Å²) in [6.07, 6.45) is 3.49. The van der Waals surface area contributed by atoms with Crippen LogP contribution in [0.4, 0.5) is 5.69 Å². The highest BCUT2D eigenvalue weighted by molar-refractivity contribution is 7.89. The Labute approximate surface area is 188 Å². The summed E-state index contributed by atoms with van der Waals surface area (Å²) in [7, 11) is -3.65. The van der Waals surface area contributed by atoms with Crippen molar-refractivity contribution in [2.45, 2.75) is 11.3 Å². The summed E-state index contributed by atoms with van der Waals surface area (Å²) in [6, 6.07) is 5.78. The van der Waals surface area contributed by atoms with Gasteiger partial charge in [-0.05, 0) is 37.2 Å². The van der Waals surface area contributed by atoms with Gasteiger partial charge in [0.25, 0.3) is 11.5 Å². The normalized spacial score (nSPS) is 15.1. The second kappa shape index (κ2) is 9.88. The highest BCUT2D eigenvalue weighted by atomic mass is 32.2. The van der Waals surface area contributed by atoms with E-state index < -0.39 is 21.5 Å². The van der Waals surface area contributed by atoms with Gasteiger partial charge in [-0.25, -0.2) is 18.1 Å². The monoisotopic (exact) mass is 477 g/mol. The molecule has 1 aromatic carbocycles. The highest BCUT2D eigenvalue weighted by Gasteiger charge is 2.17. The van der Waals surface area contributed by atoms with Gasteiger partial charge in [0.1, 0.15) is 5.56 Å². The van der Waals surface area contributed by atoms with Crippen LogP contribution in [0.2, 0.25) is 0 Å². The van der Waals surface area contributed by atoms with Crippen LogP contribution in [0.3, 0.4) is 0 Å². The minimum absolute atomic E-state index is 0.0977. The lowest BCUT2D eigenvalue weighted by Crippen LogP contribution is -2.38. The van der Waals surface area contributed by atoms with Crippen molar-refractivity contribution < 1.29 is 17.9 Å². The zero-order chi connectivity index (χ0) is 22.6. The van der Waals surface area contributed by atoms with Gasteiger partial charge < -0.3 is 10.1 Å². The van der Waals surface area contributed by atoms with E-state index in [0.29, 0.717) is 36.8 Å². The van der Waals surface area contributed by atoms with E-state index in [0.717, 1.165) is 19.6 Å². The number of ether oxygens (including phenoxy) is 1. The number of nitrogens with zero attached hydrogens (tertiary/aromatic N) is 3. The molecule has 1 aliphatic heterocycles. The molecular weight excluding hydrogens is 454 g/mol. The Morgan fingerprint density at radius 3 is 2.69 bits per heavy atom. The summed E-state index contributed by atoms with van der Waals surface area (Å²) < 4.78 is 34.2. The lowest BCUT2D eigenvalue weighted by Gasteiger charge is -2.26. The van der Waals surface area contributed by atoms with E-state index >= 15 is 0 Å². The zero-order valence-corrected chi connectivity index (χ0v) is 18.8. The number of benzene rings is 1. The Morgan fingerprint density at radius 2 is 1.94 bits per heavy atom. The fourth-order valence-electron chi connectivity index (χ4n) is 3.31. The summed E-state index contributed by atoms with van der Waals surface area (Å²) in [5, 5.41) is 4.31. The van der Waals surface area contributed by atoms with E-state index in [1.54, 1.807) is 11.6 Å². The average molecular weight is 478 g/mol. The molecule has 12 heteroatoms. The molecule has 4 rings (SSSR count). The van der Waals surface area contributed by atoms with E-state index in [-0.39, 0.29) is 10.5 Å². The van der Waals surface area contributed by atoms with Gasteiger partial charge in [-0.1, -0.05) is 0 Å². The standard InChI is InChI=1S/C20H23N5O5S2/c26-18(17-14-21-20-25(19(17)27)10-13-31-20)23-15-2-4-16(5-3-15)32(28,29)22-6-1-7-24-8-11-30-12-9-24/h2-5,10,13-14,22H,1,6-9,11-12H2,(H,23,26). The second-order valence-electron chi connectivity index (χ2n) is 7.22. The van der Waals surface area contributed by atoms with E-state index in [1.807, 2.05) is 0 Å². The Bertz CT molecular complexity index is 1250. The van der Waals surface area contributed by atoms with Crippen molar-refractivity contribution in [3.8, 4) is 0 Å². The van der Waals surface area contributed by atoms with Crippen LogP contribution >= 0.6 is 11.3 Å². The van der Waals surface area contributed by atoms with E-state index in [4.69, 9.17) is 4.74 Å². The predicted molar refractivity (Wildman–Crippen MR) is 121 cm³/mol. The molecule has 170 valence electrons. The molecule has 3 heterocycles. The van der Waals surface area contributed by atoms with Crippen LogP contribution < -0.4 is 15.6 Å². The van der Waals surface area contributed by atoms with Crippen molar-refractivity contribution in [1.29, 1.82) is 0 Å². The molecule has 0 unspecified atom stereocenters. The van der Waals surface area contributed by atoms with Crippen LogP contribution in [0, 0.1) is 0 Å². The van der Waals surface area contributed by atoms with Crippen molar-refractivity contribution in [3.63, 3.8) is 0 Å². The lowest BCUT2D eigenvalue weighted by molar-refractivity contribution is 0.0376. The molecule has 1 fully saturated rings. The van der Waals surface area contributed by atoms with Crippen molar-refractivity contribution in [3.05, 3.63) is 58.0 Å². The molecule has 0 radical (unpaired) electrons. The Kier molecular flexibility index (Phi) is 6.96. The minimum Gasteiger partial charge on any atom is -0.379 e. The van der Waals surface area contributed by atoms with Gasteiger partial charge >= 0.3 is 0 Å². The molecule has 0 saturated carbocycles. The fourth-order valence-corrected chi connectivity index (χ4v) is 5.06. The maximum Gasteiger partial charge on any atom is 0.271 e. The first-order chi connectivity index (χ1) is 15.4. The SMILES string of the molecule is O=C(Nc1ccc(S(=O)(=O)NCCCN2CCOCC2)cc1)c1cnc2sccn2c1=O. The molecule has 0 bridgehead atoms. The largest absolute Gasteiger partial charge is 0.379 e. The van der Waals surface area contributed by atoms with Crippen LogP contribution in [0.15, 0.2) is 51.7 Å². The first-order valence-electron chi connectivity index (χ1n) is 10.1. The van der Waals surface area contributed by atoms with Crippen LogP contribution in [0.5, 0.6) is 0 Å². The van der Waals surface area contributed by atoms with E-state index in [2.05, 4.69) is 19.9 Å². The summed E-state index contributed by atoms with van der Waals surface area (Å²) in [5.74, 6) is -0.611. The average Bonchev–Trinajstić information content (AvgIpc) is 3.28. The number of carbonyl (C=O) groups is 1. The fraction of sp³-hybridized carbons (Fsp3) is 0.350. The summed E-state index contributed by atoms with van der Waals surface area (Å²) in [4.78, 5) is 31.8. The number of fused-ring (bicyclic) bond motifs is 1. The smallest absolute Gasteiger partial charge is 0.271 e. The number of anilines is 1. The van der Waals surface area contributed by atoms with Crippen molar-refractivity contribution in [2.75, 3.05) is 44.7 Å². The number of carbonyl (C=O) groups excluding carboxylic acids is 1. The molecule has 32 heavy (non-hydrogen) atoms. The summed E-state index contributed by atoms with van der Waals surface area (Å²) in [6.45, 7) is 4.29. The van der Waals surface area contributed by atoms with Gasteiger partial charge in [0.15, 0.2) is 4.96 Å². The number of morpholine rings is 1. The van der Waals surface area contributed by atoms with Gasteiger partial charge in [0.05, 0.1) is 18.1 Å². The van der Waals surface area contributed by atoms with Gasteiger partial charge in [-0.3, -0.25) is 18.9 Å². The quantitative estimate of drug-likeness (QED) is 0.464. The third-order valence-electron chi connectivity index (χ3n) is 5.06. The molecule has 2 aromatic heterocycles. The van der Waals surface area contributed by atoms with Gasteiger partial charge in [-0.2, -0.15) is 0 Å². The number of nitrogens with one attached hydrogen (secondary N) is 2. The Hall–Kier alpha value is -2.64. The van der Waals surface area contributed by atoms with Gasteiger partial charge in [-0.15, -0.1) is 11.3 Å². The summed E-state index contributed by atoms with van der Waals surface area (Å²) >= 11 is 1.29. The molecule has 10 nitrogen and oxygen atoms in total. The van der Waals surface area contributed by atoms with Crippen molar-refractivity contribution >= 4 is 37.9 Å². The Balaban J connectivity index is 1.33. The number of hydrogen-bond donors (Lipinski definition) is 2. The molecule has 1 amide bonds. The number of hydrogen-bond acceptors (Lipinski definition) is 8. The first kappa shape index (κ1) is 22.6. The van der Waals surface area contributed by atoms with Gasteiger partial charge in [0.2, 0.25) is 10.0 Å². The van der Waals surface area contributed by atoms with Crippen LogP contribution in [-0.2, 0) is 14.8 Å². The van der Waals surface area contributed by atoms with Crippen LogP contribution in [-0.4, -0.2) is 68.0 Å². The van der Waals surface area contributed by atoms with E-state index in [9.17, 15) is 18.0 Å². The Morgan fingerprint density at radius 1 is 1.19 bits per heavy atom. The van der Waals surface area contributed by atoms with E-state index in [1.165, 1.54) is 46.2 Å². The number of thiazole rings is 1. The molecule has 1 saturated heterocycles. The van der Waals surface area contributed by atoms with Crippen molar-refractivity contribution in [2.24, 2.45) is 0 Å². The maximum absolute atomic E-state index is 12.5. The molecule has 1 aliphatic rings.